The zero-order valence-corrected chi connectivity index (χ0v) is 19.6. The molecule has 0 aliphatic heterocycles. The Bertz CT molecular complexity index is 486. The summed E-state index contributed by atoms with van der Waals surface area (Å²) >= 11 is 0. The van der Waals surface area contributed by atoms with Crippen LogP contribution < -0.4 is 16.0 Å². The first kappa shape index (κ1) is 25.7. The lowest BCUT2D eigenvalue weighted by Gasteiger charge is -2.25. The molecule has 9 heteroatoms. The van der Waals surface area contributed by atoms with E-state index < -0.39 is 11.7 Å². The molecule has 0 saturated heterocycles. The van der Waals surface area contributed by atoms with Crippen molar-refractivity contribution in [2.45, 2.75) is 64.5 Å². The molecule has 0 spiro atoms. The number of guanidine groups is 1. The lowest BCUT2D eigenvalue weighted by molar-refractivity contribution is -0.127. The van der Waals surface area contributed by atoms with Gasteiger partial charge in [-0.25, -0.2) is 9.79 Å². The van der Waals surface area contributed by atoms with Gasteiger partial charge in [-0.3, -0.25) is 4.79 Å². The molecule has 1 aliphatic rings. The van der Waals surface area contributed by atoms with E-state index in [0.29, 0.717) is 25.1 Å². The molecule has 1 fully saturated rings. The number of alkyl carbamates (subject to hydrolysis) is 1. The second-order valence-electron chi connectivity index (χ2n) is 7.79. The molecule has 3 N–H and O–H groups in total. The lowest BCUT2D eigenvalue weighted by atomic mass is 9.96. The summed E-state index contributed by atoms with van der Waals surface area (Å²) in [6.07, 6.45) is 5.47. The first-order valence-electron chi connectivity index (χ1n) is 9.39. The fourth-order valence-electron chi connectivity index (χ4n) is 2.54. The molecule has 0 aromatic rings. The molecule has 0 heterocycles. The Morgan fingerprint density at radius 1 is 1.07 bits per heavy atom. The van der Waals surface area contributed by atoms with E-state index in [4.69, 9.17) is 4.74 Å². The summed E-state index contributed by atoms with van der Waals surface area (Å²) in [5.74, 6) is 0.555. The molecule has 0 bridgehead atoms. The van der Waals surface area contributed by atoms with Crippen molar-refractivity contribution in [1.29, 1.82) is 0 Å². The summed E-state index contributed by atoms with van der Waals surface area (Å²) in [6.45, 7) is 6.47. The van der Waals surface area contributed by atoms with Gasteiger partial charge < -0.3 is 25.6 Å². The Balaban J connectivity index is 0.00000676. The Morgan fingerprint density at radius 3 is 2.22 bits per heavy atom. The predicted octanol–water partition coefficient (Wildman–Crippen LogP) is 2.09. The molecule has 8 nitrogen and oxygen atoms in total. The number of amides is 2. The highest BCUT2D eigenvalue weighted by atomic mass is 127. The van der Waals surface area contributed by atoms with E-state index in [2.05, 4.69) is 20.9 Å². The average Bonchev–Trinajstić information content (AvgIpc) is 2.55. The minimum atomic E-state index is -0.515. The van der Waals surface area contributed by atoms with Crippen molar-refractivity contribution >= 4 is 41.9 Å². The molecule has 0 atom stereocenters. The average molecular weight is 497 g/mol. The van der Waals surface area contributed by atoms with Gasteiger partial charge in [-0.1, -0.05) is 19.3 Å². The first-order chi connectivity index (χ1) is 12.2. The molecule has 0 unspecified atom stereocenters. The van der Waals surface area contributed by atoms with E-state index in [0.717, 1.165) is 12.8 Å². The van der Waals surface area contributed by atoms with E-state index in [1.807, 2.05) is 20.8 Å². The van der Waals surface area contributed by atoms with Crippen molar-refractivity contribution in [1.82, 2.24) is 20.9 Å². The summed E-state index contributed by atoms with van der Waals surface area (Å²) < 4.78 is 5.20. The maximum atomic E-state index is 11.8. The van der Waals surface area contributed by atoms with Crippen LogP contribution in [-0.4, -0.2) is 68.2 Å². The second kappa shape index (κ2) is 13.0. The van der Waals surface area contributed by atoms with Crippen LogP contribution in [0.1, 0.15) is 52.9 Å². The molecule has 158 valence electrons. The number of aliphatic imine (C=N–C) groups is 1. The Hall–Kier alpha value is -1.26. The number of nitrogens with one attached hydrogen (secondary N) is 3. The third-order valence-electron chi connectivity index (χ3n) is 3.90. The number of rotatable bonds is 6. The van der Waals surface area contributed by atoms with Gasteiger partial charge in [0.25, 0.3) is 0 Å². The highest BCUT2D eigenvalue weighted by Crippen LogP contribution is 2.17. The van der Waals surface area contributed by atoms with Crippen LogP contribution in [0.25, 0.3) is 0 Å². The molecular formula is C18H36IN5O3. The number of carbonyl (C=O) groups is 2. The molecule has 1 saturated carbocycles. The molecule has 2 amide bonds. The van der Waals surface area contributed by atoms with Gasteiger partial charge in [-0.15, -0.1) is 24.0 Å². The van der Waals surface area contributed by atoms with Gasteiger partial charge in [0.1, 0.15) is 12.1 Å². The highest BCUT2D eigenvalue weighted by molar-refractivity contribution is 14.0. The van der Waals surface area contributed by atoms with Gasteiger partial charge in [-0.2, -0.15) is 0 Å². The van der Waals surface area contributed by atoms with Gasteiger partial charge in [0.15, 0.2) is 5.96 Å². The number of halogens is 1. The van der Waals surface area contributed by atoms with Crippen LogP contribution in [0.2, 0.25) is 0 Å². The van der Waals surface area contributed by atoms with Crippen LogP contribution in [-0.2, 0) is 9.53 Å². The van der Waals surface area contributed by atoms with E-state index in [1.54, 1.807) is 14.1 Å². The predicted molar refractivity (Wildman–Crippen MR) is 119 cm³/mol. The third-order valence-corrected chi connectivity index (χ3v) is 3.90. The van der Waals surface area contributed by atoms with E-state index in [9.17, 15) is 9.59 Å². The van der Waals surface area contributed by atoms with Crippen molar-refractivity contribution in [2.75, 3.05) is 33.7 Å². The van der Waals surface area contributed by atoms with Crippen molar-refractivity contribution in [3.8, 4) is 0 Å². The van der Waals surface area contributed by atoms with E-state index in [1.165, 1.54) is 24.2 Å². The Labute approximate surface area is 180 Å². The SMILES string of the molecule is CN(C)C(=O)CN=C(NCCNC(=O)OC(C)(C)C)NC1CCCCC1.I. The molecule has 1 aliphatic carbocycles. The molecule has 0 aromatic carbocycles. The summed E-state index contributed by atoms with van der Waals surface area (Å²) in [5, 5.41) is 9.28. The lowest BCUT2D eigenvalue weighted by Crippen LogP contribution is -2.47. The summed E-state index contributed by atoms with van der Waals surface area (Å²) in [6, 6.07) is 0.378. The van der Waals surface area contributed by atoms with Crippen LogP contribution in [0.5, 0.6) is 0 Å². The van der Waals surface area contributed by atoms with Gasteiger partial charge in [-0.05, 0) is 33.6 Å². The topological polar surface area (TPSA) is 95.1 Å². The fraction of sp³-hybridized carbons (Fsp3) is 0.833. The van der Waals surface area contributed by atoms with Crippen molar-refractivity contribution in [3.05, 3.63) is 0 Å². The van der Waals surface area contributed by atoms with Crippen LogP contribution in [0, 0.1) is 0 Å². The van der Waals surface area contributed by atoms with Crippen LogP contribution in [0.4, 0.5) is 4.79 Å². The van der Waals surface area contributed by atoms with Crippen molar-refractivity contribution < 1.29 is 14.3 Å². The summed E-state index contributed by atoms with van der Waals surface area (Å²) in [7, 11) is 3.43. The quantitative estimate of drug-likeness (QED) is 0.226. The Morgan fingerprint density at radius 2 is 1.67 bits per heavy atom. The van der Waals surface area contributed by atoms with Crippen molar-refractivity contribution in [3.63, 3.8) is 0 Å². The molecule has 0 aromatic heterocycles. The zero-order chi connectivity index (χ0) is 19.6. The maximum absolute atomic E-state index is 11.8. The Kier molecular flexibility index (Phi) is 12.4. The minimum Gasteiger partial charge on any atom is -0.444 e. The molecular weight excluding hydrogens is 461 g/mol. The monoisotopic (exact) mass is 497 g/mol. The number of likely N-dealkylation sites (N-methyl/N-ethyl adjacent to an activating group) is 1. The van der Waals surface area contributed by atoms with E-state index in [-0.39, 0.29) is 36.4 Å². The van der Waals surface area contributed by atoms with E-state index >= 15 is 0 Å². The maximum Gasteiger partial charge on any atom is 0.407 e. The van der Waals surface area contributed by atoms with Gasteiger partial charge in [0, 0.05) is 33.2 Å². The number of hydrogen-bond donors (Lipinski definition) is 3. The van der Waals surface area contributed by atoms with Crippen LogP contribution in [0.15, 0.2) is 4.99 Å². The molecule has 27 heavy (non-hydrogen) atoms. The summed E-state index contributed by atoms with van der Waals surface area (Å²) in [5.41, 5.74) is -0.515. The number of hydrogen-bond acceptors (Lipinski definition) is 4. The fourth-order valence-corrected chi connectivity index (χ4v) is 2.54. The zero-order valence-electron chi connectivity index (χ0n) is 17.3. The van der Waals surface area contributed by atoms with Crippen LogP contribution >= 0.6 is 24.0 Å². The number of nitrogens with zero attached hydrogens (tertiary/aromatic N) is 2. The number of ether oxygens (including phenoxy) is 1. The highest BCUT2D eigenvalue weighted by Gasteiger charge is 2.17. The smallest absolute Gasteiger partial charge is 0.407 e. The second-order valence-corrected chi connectivity index (χ2v) is 7.79. The largest absolute Gasteiger partial charge is 0.444 e. The molecule has 0 radical (unpaired) electrons. The van der Waals surface area contributed by atoms with Crippen molar-refractivity contribution in [2.24, 2.45) is 4.99 Å². The van der Waals surface area contributed by atoms with Gasteiger partial charge in [0.2, 0.25) is 5.91 Å². The van der Waals surface area contributed by atoms with Gasteiger partial charge >= 0.3 is 6.09 Å². The first-order valence-corrected chi connectivity index (χ1v) is 9.39. The van der Waals surface area contributed by atoms with Crippen LogP contribution in [0.3, 0.4) is 0 Å². The standard InChI is InChI=1S/C18H35N5O3.HI/c1-18(2,3)26-17(25)20-12-11-19-16(21-13-15(24)23(4)5)22-14-9-7-6-8-10-14;/h14H,6-13H2,1-5H3,(H,20,25)(H2,19,21,22);1H. The van der Waals surface area contributed by atoms with Gasteiger partial charge in [0.05, 0.1) is 0 Å². The normalized spacial score (nSPS) is 15.4. The number of carbonyl (C=O) groups excluding carboxylic acids is 2. The molecule has 1 rings (SSSR count). The minimum absolute atomic E-state index is 0. The third kappa shape index (κ3) is 12.7. The summed E-state index contributed by atoms with van der Waals surface area (Å²) in [4.78, 5) is 29.3.